The molecule has 1 aliphatic rings. The highest BCUT2D eigenvalue weighted by molar-refractivity contribution is 5.97. The number of rotatable bonds is 6. The number of hydrogen-bond acceptors (Lipinski definition) is 3. The van der Waals surface area contributed by atoms with Gasteiger partial charge in [-0.3, -0.25) is 14.4 Å². The highest BCUT2D eigenvalue weighted by Crippen LogP contribution is 2.20. The van der Waals surface area contributed by atoms with Crippen LogP contribution in [0, 0.1) is 11.8 Å². The number of likely N-dealkylation sites (tertiary alicyclic amines) is 1. The Hall–Kier alpha value is -2.37. The molecule has 136 valence electrons. The van der Waals surface area contributed by atoms with E-state index >= 15 is 0 Å². The lowest BCUT2D eigenvalue weighted by molar-refractivity contribution is -0.123. The molecule has 0 unspecified atom stereocenters. The predicted molar refractivity (Wildman–Crippen MR) is 97.0 cm³/mol. The monoisotopic (exact) mass is 345 g/mol. The van der Waals surface area contributed by atoms with Crippen molar-refractivity contribution in [3.63, 3.8) is 0 Å². The Morgan fingerprint density at radius 1 is 1.20 bits per heavy atom. The molecule has 25 heavy (non-hydrogen) atoms. The lowest BCUT2D eigenvalue weighted by atomic mass is 9.96. The Bertz CT molecular complexity index is 633. The van der Waals surface area contributed by atoms with Crippen LogP contribution in [0.3, 0.4) is 0 Å². The maximum absolute atomic E-state index is 12.7. The summed E-state index contributed by atoms with van der Waals surface area (Å²) in [7, 11) is 0. The second kappa shape index (κ2) is 8.65. The van der Waals surface area contributed by atoms with Crippen molar-refractivity contribution in [3.8, 4) is 0 Å². The molecule has 0 atom stereocenters. The van der Waals surface area contributed by atoms with Gasteiger partial charge in [-0.05, 0) is 43.9 Å². The third-order valence-electron chi connectivity index (χ3n) is 4.92. The minimum Gasteiger partial charge on any atom is -0.369 e. The van der Waals surface area contributed by atoms with Crippen LogP contribution in [0.2, 0.25) is 0 Å². The summed E-state index contributed by atoms with van der Waals surface area (Å²) in [5, 5.41) is 2.89. The largest absolute Gasteiger partial charge is 0.369 e. The lowest BCUT2D eigenvalue weighted by Crippen LogP contribution is -2.41. The minimum absolute atomic E-state index is 0.0168. The molecule has 1 aliphatic heterocycles. The molecule has 1 aromatic rings. The Morgan fingerprint density at radius 2 is 1.84 bits per heavy atom. The molecule has 0 bridgehead atoms. The number of carbonyl (C=O) groups is 3. The van der Waals surface area contributed by atoms with Gasteiger partial charge in [0.15, 0.2) is 0 Å². The van der Waals surface area contributed by atoms with Crippen LogP contribution in [0.25, 0.3) is 0 Å². The number of primary amides is 1. The SMILES string of the molecule is CCC(CC)C(=O)Nc1cccc(C(=O)N2CCC(C(N)=O)CC2)c1. The van der Waals surface area contributed by atoms with Crippen LogP contribution in [0.1, 0.15) is 49.9 Å². The summed E-state index contributed by atoms with van der Waals surface area (Å²) >= 11 is 0. The number of carbonyl (C=O) groups excluding carboxylic acids is 3. The van der Waals surface area contributed by atoms with Gasteiger partial charge in [0, 0.05) is 36.2 Å². The number of amides is 3. The number of anilines is 1. The van der Waals surface area contributed by atoms with E-state index in [4.69, 9.17) is 5.73 Å². The average Bonchev–Trinajstić information content (AvgIpc) is 2.62. The van der Waals surface area contributed by atoms with Crippen LogP contribution >= 0.6 is 0 Å². The second-order valence-electron chi connectivity index (χ2n) is 6.55. The van der Waals surface area contributed by atoms with E-state index in [1.165, 1.54) is 0 Å². The molecule has 1 saturated heterocycles. The molecule has 6 nitrogen and oxygen atoms in total. The van der Waals surface area contributed by atoms with E-state index in [9.17, 15) is 14.4 Å². The van der Waals surface area contributed by atoms with E-state index in [0.717, 1.165) is 12.8 Å². The van der Waals surface area contributed by atoms with Gasteiger partial charge in [-0.15, -0.1) is 0 Å². The Balaban J connectivity index is 2.02. The molecule has 0 saturated carbocycles. The number of piperidine rings is 1. The van der Waals surface area contributed by atoms with Gasteiger partial charge in [-0.25, -0.2) is 0 Å². The molecular formula is C19H27N3O3. The van der Waals surface area contributed by atoms with Crippen LogP contribution in [0.5, 0.6) is 0 Å². The molecule has 1 heterocycles. The average molecular weight is 345 g/mol. The number of benzene rings is 1. The number of nitrogens with two attached hydrogens (primary N) is 1. The summed E-state index contributed by atoms with van der Waals surface area (Å²) in [6.45, 7) is 5.03. The van der Waals surface area contributed by atoms with E-state index in [-0.39, 0.29) is 29.6 Å². The fraction of sp³-hybridized carbons (Fsp3) is 0.526. The summed E-state index contributed by atoms with van der Waals surface area (Å²) in [6, 6.07) is 7.01. The zero-order chi connectivity index (χ0) is 18.4. The summed E-state index contributed by atoms with van der Waals surface area (Å²) in [5.41, 5.74) is 6.51. The summed E-state index contributed by atoms with van der Waals surface area (Å²) in [5.74, 6) is -0.557. The van der Waals surface area contributed by atoms with E-state index < -0.39 is 0 Å². The van der Waals surface area contributed by atoms with Gasteiger partial charge in [-0.2, -0.15) is 0 Å². The fourth-order valence-corrected chi connectivity index (χ4v) is 3.18. The van der Waals surface area contributed by atoms with Crippen molar-refractivity contribution in [2.45, 2.75) is 39.5 Å². The highest BCUT2D eigenvalue weighted by atomic mass is 16.2. The number of nitrogens with zero attached hydrogens (tertiary/aromatic N) is 1. The molecule has 2 rings (SSSR count). The molecule has 1 fully saturated rings. The van der Waals surface area contributed by atoms with E-state index in [1.54, 1.807) is 29.2 Å². The number of nitrogens with one attached hydrogen (secondary N) is 1. The first-order chi connectivity index (χ1) is 12.0. The summed E-state index contributed by atoms with van der Waals surface area (Å²) < 4.78 is 0. The smallest absolute Gasteiger partial charge is 0.253 e. The predicted octanol–water partition coefficient (Wildman–Crippen LogP) is 2.40. The maximum Gasteiger partial charge on any atom is 0.253 e. The van der Waals surface area contributed by atoms with Crippen molar-refractivity contribution in [1.82, 2.24) is 4.90 Å². The quantitative estimate of drug-likeness (QED) is 0.829. The van der Waals surface area contributed by atoms with Crippen LogP contribution in [-0.4, -0.2) is 35.7 Å². The first-order valence-corrected chi connectivity index (χ1v) is 8.95. The van der Waals surface area contributed by atoms with Crippen molar-refractivity contribution in [2.75, 3.05) is 18.4 Å². The van der Waals surface area contributed by atoms with Crippen LogP contribution in [0.15, 0.2) is 24.3 Å². The first-order valence-electron chi connectivity index (χ1n) is 8.95. The molecule has 0 radical (unpaired) electrons. The van der Waals surface area contributed by atoms with Crippen molar-refractivity contribution >= 4 is 23.4 Å². The summed E-state index contributed by atoms with van der Waals surface area (Å²) in [6.07, 6.45) is 2.78. The van der Waals surface area contributed by atoms with Crippen molar-refractivity contribution in [2.24, 2.45) is 17.6 Å². The van der Waals surface area contributed by atoms with E-state index in [1.807, 2.05) is 13.8 Å². The first kappa shape index (κ1) is 19.0. The summed E-state index contributed by atoms with van der Waals surface area (Å²) in [4.78, 5) is 37.8. The zero-order valence-electron chi connectivity index (χ0n) is 15.0. The van der Waals surface area contributed by atoms with Crippen LogP contribution < -0.4 is 11.1 Å². The zero-order valence-corrected chi connectivity index (χ0v) is 15.0. The van der Waals surface area contributed by atoms with Gasteiger partial charge in [0.25, 0.3) is 5.91 Å². The van der Waals surface area contributed by atoms with Crippen LogP contribution in [-0.2, 0) is 9.59 Å². The van der Waals surface area contributed by atoms with Crippen molar-refractivity contribution < 1.29 is 14.4 Å². The topological polar surface area (TPSA) is 92.5 Å². The van der Waals surface area contributed by atoms with Gasteiger partial charge in [-0.1, -0.05) is 19.9 Å². The van der Waals surface area contributed by atoms with Crippen LogP contribution in [0.4, 0.5) is 5.69 Å². The van der Waals surface area contributed by atoms with Crippen molar-refractivity contribution in [1.29, 1.82) is 0 Å². The molecule has 0 aliphatic carbocycles. The molecule has 3 N–H and O–H groups in total. The molecule has 1 aromatic carbocycles. The minimum atomic E-state index is -0.293. The number of hydrogen-bond donors (Lipinski definition) is 2. The van der Waals surface area contributed by atoms with Gasteiger partial charge in [0.05, 0.1) is 0 Å². The standard InChI is InChI=1S/C19H27N3O3/c1-3-13(4-2)18(24)21-16-7-5-6-15(12-16)19(25)22-10-8-14(9-11-22)17(20)23/h5-7,12-14H,3-4,8-11H2,1-2H3,(H2,20,23)(H,21,24). The van der Waals surface area contributed by atoms with Crippen molar-refractivity contribution in [3.05, 3.63) is 29.8 Å². The lowest BCUT2D eigenvalue weighted by Gasteiger charge is -2.30. The van der Waals surface area contributed by atoms with Gasteiger partial charge in [0.1, 0.15) is 0 Å². The normalized spacial score (nSPS) is 15.2. The third kappa shape index (κ3) is 4.81. The second-order valence-corrected chi connectivity index (χ2v) is 6.55. The molecular weight excluding hydrogens is 318 g/mol. The molecule has 6 heteroatoms. The van der Waals surface area contributed by atoms with Gasteiger partial charge < -0.3 is 16.0 Å². The molecule has 3 amide bonds. The third-order valence-corrected chi connectivity index (χ3v) is 4.92. The van der Waals surface area contributed by atoms with Gasteiger partial charge in [0.2, 0.25) is 11.8 Å². The molecule has 0 aromatic heterocycles. The van der Waals surface area contributed by atoms with E-state index in [0.29, 0.717) is 37.2 Å². The van der Waals surface area contributed by atoms with Gasteiger partial charge >= 0.3 is 0 Å². The fourth-order valence-electron chi connectivity index (χ4n) is 3.18. The highest BCUT2D eigenvalue weighted by Gasteiger charge is 2.26. The Kier molecular flexibility index (Phi) is 6.56. The molecule has 0 spiro atoms. The Morgan fingerprint density at radius 3 is 2.40 bits per heavy atom. The maximum atomic E-state index is 12.7. The van der Waals surface area contributed by atoms with E-state index in [2.05, 4.69) is 5.32 Å². The Labute approximate surface area is 148 Å².